The Labute approximate surface area is 281 Å². The topological polar surface area (TPSA) is 119 Å². The lowest BCUT2D eigenvalue weighted by molar-refractivity contribution is -0.161. The lowest BCUT2D eigenvalue weighted by Crippen LogP contribution is -2.29. The fourth-order valence-electron chi connectivity index (χ4n) is 4.87. The molecule has 0 radical (unpaired) electrons. The molecule has 0 unspecified atom stereocenters. The van der Waals surface area contributed by atoms with Crippen LogP contribution in [0.15, 0.2) is 36.5 Å². The van der Waals surface area contributed by atoms with Gasteiger partial charge in [0.25, 0.3) is 0 Å². The minimum Gasteiger partial charge on any atom is -0.462 e. The number of ether oxygens (including phenoxy) is 2. The fraction of sp³-hybridized carbons (Fsp3) is 0.784. The zero-order valence-electron chi connectivity index (χ0n) is 29.2. The van der Waals surface area contributed by atoms with Crippen LogP contribution in [0.1, 0.15) is 168 Å². The first-order valence-corrected chi connectivity index (χ1v) is 19.8. The van der Waals surface area contributed by atoms with Gasteiger partial charge in [0.1, 0.15) is 6.61 Å². The third-order valence-electron chi connectivity index (χ3n) is 7.63. The standard InChI is InChI=1S/C37H67O8P/c1-3-5-7-9-11-13-15-17-18-20-22-24-26-28-30-32-37(39)45-35(34-44-46(40,41)42)33-43-36(38)31-29-27-25-23-21-19-16-14-12-10-8-6-4-2/h11,13-14,16-18,35H,3-10,12,15,19-34H2,1-2H3,(H2,40,41,42)/b13-11-,16-14-,18-17-/t35-/m1/s1. The van der Waals surface area contributed by atoms with Gasteiger partial charge in [-0.3, -0.25) is 14.1 Å². The Bertz CT molecular complexity index is 848. The van der Waals surface area contributed by atoms with Gasteiger partial charge in [-0.2, -0.15) is 0 Å². The molecule has 2 N–H and O–H groups in total. The zero-order chi connectivity index (χ0) is 34.0. The summed E-state index contributed by atoms with van der Waals surface area (Å²) in [5.41, 5.74) is 0. The number of rotatable bonds is 33. The molecule has 0 saturated carbocycles. The van der Waals surface area contributed by atoms with Gasteiger partial charge in [-0.15, -0.1) is 0 Å². The van der Waals surface area contributed by atoms with Gasteiger partial charge in [0.05, 0.1) is 6.61 Å². The third-order valence-corrected chi connectivity index (χ3v) is 8.12. The molecule has 0 aliphatic heterocycles. The van der Waals surface area contributed by atoms with Crippen molar-refractivity contribution >= 4 is 19.8 Å². The lowest BCUT2D eigenvalue weighted by Gasteiger charge is -2.18. The molecule has 0 fully saturated rings. The first kappa shape index (κ1) is 44.3. The molecule has 0 saturated heterocycles. The molecule has 0 amide bonds. The number of phosphoric acid groups is 1. The summed E-state index contributed by atoms with van der Waals surface area (Å²) in [4.78, 5) is 42.6. The molecule has 9 heteroatoms. The van der Waals surface area contributed by atoms with E-state index in [4.69, 9.17) is 19.3 Å². The Kier molecular flexibility index (Phi) is 31.9. The van der Waals surface area contributed by atoms with Gasteiger partial charge in [-0.25, -0.2) is 4.57 Å². The summed E-state index contributed by atoms with van der Waals surface area (Å²) in [7, 11) is -4.75. The first-order chi connectivity index (χ1) is 22.3. The van der Waals surface area contributed by atoms with Crippen molar-refractivity contribution in [1.82, 2.24) is 0 Å². The van der Waals surface area contributed by atoms with E-state index in [0.29, 0.717) is 12.8 Å². The number of allylic oxidation sites excluding steroid dienone is 6. The van der Waals surface area contributed by atoms with Crippen LogP contribution in [0.3, 0.4) is 0 Å². The molecular weight excluding hydrogens is 603 g/mol. The third kappa shape index (κ3) is 35.1. The summed E-state index contributed by atoms with van der Waals surface area (Å²) < 4.78 is 26.2. The highest BCUT2D eigenvalue weighted by Gasteiger charge is 2.22. The second-order valence-electron chi connectivity index (χ2n) is 12.2. The molecule has 0 aliphatic carbocycles. The van der Waals surface area contributed by atoms with Gasteiger partial charge in [0, 0.05) is 12.8 Å². The van der Waals surface area contributed by atoms with E-state index in [1.54, 1.807) is 0 Å². The van der Waals surface area contributed by atoms with Crippen molar-refractivity contribution in [3.8, 4) is 0 Å². The van der Waals surface area contributed by atoms with Gasteiger partial charge < -0.3 is 19.3 Å². The molecule has 1 atom stereocenters. The van der Waals surface area contributed by atoms with Crippen LogP contribution < -0.4 is 0 Å². The number of hydrogen-bond acceptors (Lipinski definition) is 6. The molecule has 0 aromatic carbocycles. The van der Waals surface area contributed by atoms with Crippen LogP contribution in [0.25, 0.3) is 0 Å². The van der Waals surface area contributed by atoms with E-state index in [0.717, 1.165) is 70.6 Å². The molecule has 8 nitrogen and oxygen atoms in total. The zero-order valence-corrected chi connectivity index (χ0v) is 30.1. The largest absolute Gasteiger partial charge is 0.469 e. The Hall–Kier alpha value is -1.73. The van der Waals surface area contributed by atoms with Crippen LogP contribution in [0.4, 0.5) is 0 Å². The maximum absolute atomic E-state index is 12.3. The average molecular weight is 671 g/mol. The van der Waals surface area contributed by atoms with Crippen LogP contribution in [-0.4, -0.2) is 41.0 Å². The number of carbonyl (C=O) groups excluding carboxylic acids is 2. The summed E-state index contributed by atoms with van der Waals surface area (Å²) in [6, 6.07) is 0. The maximum Gasteiger partial charge on any atom is 0.469 e. The number of esters is 2. The average Bonchev–Trinajstić information content (AvgIpc) is 3.02. The minimum absolute atomic E-state index is 0.194. The Morgan fingerprint density at radius 2 is 0.978 bits per heavy atom. The first-order valence-electron chi connectivity index (χ1n) is 18.3. The number of carbonyl (C=O) groups is 2. The van der Waals surface area contributed by atoms with E-state index in [-0.39, 0.29) is 19.4 Å². The van der Waals surface area contributed by atoms with E-state index >= 15 is 0 Å². The van der Waals surface area contributed by atoms with Gasteiger partial charge in [-0.1, -0.05) is 121 Å². The molecule has 0 bridgehead atoms. The van der Waals surface area contributed by atoms with Crippen LogP contribution in [-0.2, 0) is 28.2 Å². The molecule has 268 valence electrons. The van der Waals surface area contributed by atoms with E-state index in [1.807, 2.05) is 0 Å². The molecule has 0 spiro atoms. The molecule has 0 aromatic heterocycles. The van der Waals surface area contributed by atoms with Gasteiger partial charge in [0.2, 0.25) is 0 Å². The number of hydrogen-bond donors (Lipinski definition) is 2. The van der Waals surface area contributed by atoms with Crippen LogP contribution >= 0.6 is 7.82 Å². The number of phosphoric ester groups is 1. The van der Waals surface area contributed by atoms with Gasteiger partial charge >= 0.3 is 19.8 Å². The second-order valence-corrected chi connectivity index (χ2v) is 13.4. The summed E-state index contributed by atoms with van der Waals surface area (Å²) in [6.07, 6.45) is 37.2. The summed E-state index contributed by atoms with van der Waals surface area (Å²) in [6.45, 7) is 3.61. The van der Waals surface area contributed by atoms with E-state index in [9.17, 15) is 14.2 Å². The normalized spacial score (nSPS) is 12.9. The van der Waals surface area contributed by atoms with Gasteiger partial charge in [-0.05, 0) is 70.6 Å². The van der Waals surface area contributed by atoms with Crippen molar-refractivity contribution < 1.29 is 37.9 Å². The molecule has 0 rings (SSSR count). The van der Waals surface area contributed by atoms with Crippen molar-refractivity contribution in [2.24, 2.45) is 0 Å². The summed E-state index contributed by atoms with van der Waals surface area (Å²) >= 11 is 0. The highest BCUT2D eigenvalue weighted by Crippen LogP contribution is 2.36. The van der Waals surface area contributed by atoms with Gasteiger partial charge in [0.15, 0.2) is 6.10 Å². The molecule has 0 aliphatic rings. The molecule has 46 heavy (non-hydrogen) atoms. The molecular formula is C37H67O8P. The fourth-order valence-corrected chi connectivity index (χ4v) is 5.23. The molecule has 0 heterocycles. The smallest absolute Gasteiger partial charge is 0.462 e. The summed E-state index contributed by atoms with van der Waals surface area (Å²) in [5, 5.41) is 0. The highest BCUT2D eigenvalue weighted by atomic mass is 31.2. The minimum atomic E-state index is -4.75. The summed E-state index contributed by atoms with van der Waals surface area (Å²) in [5.74, 6) is -0.913. The van der Waals surface area contributed by atoms with Crippen molar-refractivity contribution in [1.29, 1.82) is 0 Å². The second kappa shape index (κ2) is 33.2. The predicted molar refractivity (Wildman–Crippen MR) is 188 cm³/mol. The molecule has 0 aromatic rings. The van der Waals surface area contributed by atoms with Crippen LogP contribution in [0.2, 0.25) is 0 Å². The van der Waals surface area contributed by atoms with E-state index in [1.165, 1.54) is 57.8 Å². The Balaban J connectivity index is 4.03. The SMILES string of the molecule is CCCCC/C=C\C/C=C\CCCCCCCC(=O)O[C@H](COC(=O)CCCCCCC/C=C\CCCCCC)COP(=O)(O)O. The van der Waals surface area contributed by atoms with Crippen LogP contribution in [0.5, 0.6) is 0 Å². The Morgan fingerprint density at radius 3 is 1.50 bits per heavy atom. The predicted octanol–water partition coefficient (Wildman–Crippen LogP) is 10.6. The van der Waals surface area contributed by atoms with Crippen molar-refractivity contribution in [3.05, 3.63) is 36.5 Å². The number of unbranched alkanes of at least 4 members (excludes halogenated alkanes) is 17. The van der Waals surface area contributed by atoms with Crippen molar-refractivity contribution in [2.75, 3.05) is 13.2 Å². The highest BCUT2D eigenvalue weighted by molar-refractivity contribution is 7.46. The lowest BCUT2D eigenvalue weighted by atomic mass is 10.1. The monoisotopic (exact) mass is 670 g/mol. The van der Waals surface area contributed by atoms with Crippen molar-refractivity contribution in [2.45, 2.75) is 174 Å². The van der Waals surface area contributed by atoms with E-state index in [2.05, 4.69) is 54.8 Å². The quantitative estimate of drug-likeness (QED) is 0.0306. The maximum atomic E-state index is 12.3. The Morgan fingerprint density at radius 1 is 0.565 bits per heavy atom. The van der Waals surface area contributed by atoms with E-state index < -0.39 is 32.5 Å². The van der Waals surface area contributed by atoms with Crippen molar-refractivity contribution in [3.63, 3.8) is 0 Å². The van der Waals surface area contributed by atoms with Crippen LogP contribution in [0, 0.1) is 0 Å².